The molecule has 0 N–H and O–H groups in total. The molecule has 100 valence electrons. The Labute approximate surface area is 113 Å². The van der Waals surface area contributed by atoms with Gasteiger partial charge in [-0.2, -0.15) is 0 Å². The molecule has 1 aliphatic rings. The number of hydrogen-bond donors (Lipinski definition) is 0. The summed E-state index contributed by atoms with van der Waals surface area (Å²) in [5, 5.41) is 0.803. The number of rotatable bonds is 4. The Morgan fingerprint density at radius 3 is 2.33 bits per heavy atom. The fourth-order valence-electron chi connectivity index (χ4n) is 2.04. The van der Waals surface area contributed by atoms with E-state index in [1.54, 1.807) is 0 Å². The minimum Gasteiger partial charge on any atom is -0.493 e. The zero-order valence-electron chi connectivity index (χ0n) is 11.1. The molecule has 0 atom stereocenters. The van der Waals surface area contributed by atoms with Crippen molar-refractivity contribution in [3.8, 4) is 5.75 Å². The molecule has 1 heterocycles. The summed E-state index contributed by atoms with van der Waals surface area (Å²) in [5.74, 6) is 0.354. The van der Waals surface area contributed by atoms with Crippen molar-refractivity contribution in [2.45, 2.75) is 33.0 Å². The Morgan fingerprint density at radius 2 is 1.78 bits per heavy atom. The van der Waals surface area contributed by atoms with E-state index in [9.17, 15) is 0 Å². The lowest BCUT2D eigenvalue weighted by atomic mass is 10.1. The quantitative estimate of drug-likeness (QED) is 0.838. The van der Waals surface area contributed by atoms with Gasteiger partial charge in [-0.25, -0.2) is 0 Å². The van der Waals surface area contributed by atoms with E-state index in [0.29, 0.717) is 26.2 Å². The summed E-state index contributed by atoms with van der Waals surface area (Å²) in [5.41, 5.74) is 2.07. The van der Waals surface area contributed by atoms with Gasteiger partial charge < -0.3 is 14.2 Å². The molecular weight excluding hydrogens is 252 g/mol. The molecule has 0 aromatic heterocycles. The number of halogens is 1. The van der Waals surface area contributed by atoms with Gasteiger partial charge in [0.15, 0.2) is 5.79 Å². The minimum absolute atomic E-state index is 0.490. The Morgan fingerprint density at radius 1 is 1.22 bits per heavy atom. The van der Waals surface area contributed by atoms with Crippen LogP contribution in [0.25, 0.3) is 0 Å². The monoisotopic (exact) mass is 270 g/mol. The summed E-state index contributed by atoms with van der Waals surface area (Å²) < 4.78 is 16.8. The normalized spacial score (nSPS) is 18.0. The second-order valence-electron chi connectivity index (χ2n) is 4.80. The average Bonchev–Trinajstić information content (AvgIpc) is 2.73. The molecule has 0 radical (unpaired) electrons. The molecule has 0 saturated carbocycles. The lowest BCUT2D eigenvalue weighted by Gasteiger charge is -2.22. The molecule has 4 heteroatoms. The smallest absolute Gasteiger partial charge is 0.168 e. The van der Waals surface area contributed by atoms with Crippen molar-refractivity contribution in [3.63, 3.8) is 0 Å². The van der Waals surface area contributed by atoms with Gasteiger partial charge in [0.25, 0.3) is 0 Å². The molecule has 0 unspecified atom stereocenters. The summed E-state index contributed by atoms with van der Waals surface area (Å²) in [7, 11) is 0. The van der Waals surface area contributed by atoms with Crippen LogP contribution in [0, 0.1) is 13.8 Å². The summed E-state index contributed by atoms with van der Waals surface area (Å²) in [6.45, 7) is 7.80. The van der Waals surface area contributed by atoms with Crippen molar-refractivity contribution >= 4 is 11.6 Å². The largest absolute Gasteiger partial charge is 0.493 e. The van der Waals surface area contributed by atoms with E-state index in [-0.39, 0.29) is 0 Å². The Hall–Kier alpha value is -0.770. The standard InChI is InChI=1S/C14H19ClO3/c1-10-8-12(9-11(2)13(10)15)16-5-4-14(3)17-6-7-18-14/h8-9H,4-7H2,1-3H3. The van der Waals surface area contributed by atoms with E-state index < -0.39 is 5.79 Å². The van der Waals surface area contributed by atoms with Crippen LogP contribution in [0.15, 0.2) is 12.1 Å². The average molecular weight is 271 g/mol. The summed E-state index contributed by atoms with van der Waals surface area (Å²) in [4.78, 5) is 0. The third-order valence-electron chi connectivity index (χ3n) is 3.13. The van der Waals surface area contributed by atoms with E-state index in [1.807, 2.05) is 32.9 Å². The highest BCUT2D eigenvalue weighted by molar-refractivity contribution is 6.32. The van der Waals surface area contributed by atoms with E-state index in [0.717, 1.165) is 21.9 Å². The Balaban J connectivity index is 1.90. The first-order chi connectivity index (χ1) is 8.50. The van der Waals surface area contributed by atoms with E-state index in [1.165, 1.54) is 0 Å². The molecular formula is C14H19ClO3. The SMILES string of the molecule is Cc1cc(OCCC2(C)OCCO2)cc(C)c1Cl. The summed E-state index contributed by atoms with van der Waals surface area (Å²) in [6.07, 6.45) is 0.716. The zero-order chi connectivity index (χ0) is 13.2. The predicted octanol–water partition coefficient (Wildman–Crippen LogP) is 3.49. The first kappa shape index (κ1) is 13.7. The molecule has 1 saturated heterocycles. The predicted molar refractivity (Wildman–Crippen MR) is 71.3 cm³/mol. The first-order valence-corrected chi connectivity index (χ1v) is 6.55. The minimum atomic E-state index is -0.490. The van der Waals surface area contributed by atoms with E-state index >= 15 is 0 Å². The lowest BCUT2D eigenvalue weighted by molar-refractivity contribution is -0.150. The Bertz CT molecular complexity index is 402. The maximum absolute atomic E-state index is 6.11. The molecule has 2 rings (SSSR count). The number of benzene rings is 1. The van der Waals surface area contributed by atoms with Crippen molar-refractivity contribution in [1.82, 2.24) is 0 Å². The van der Waals surface area contributed by atoms with Gasteiger partial charge in [0.05, 0.1) is 19.8 Å². The molecule has 0 bridgehead atoms. The highest BCUT2D eigenvalue weighted by Crippen LogP contribution is 2.27. The van der Waals surface area contributed by atoms with Gasteiger partial charge in [-0.1, -0.05) is 11.6 Å². The van der Waals surface area contributed by atoms with Crippen molar-refractivity contribution in [2.24, 2.45) is 0 Å². The van der Waals surface area contributed by atoms with Gasteiger partial charge in [0.2, 0.25) is 0 Å². The third kappa shape index (κ3) is 3.16. The molecule has 0 spiro atoms. The van der Waals surface area contributed by atoms with Gasteiger partial charge in [-0.3, -0.25) is 0 Å². The highest BCUT2D eigenvalue weighted by atomic mass is 35.5. The molecule has 1 fully saturated rings. The van der Waals surface area contributed by atoms with E-state index in [4.69, 9.17) is 25.8 Å². The van der Waals surface area contributed by atoms with Crippen molar-refractivity contribution < 1.29 is 14.2 Å². The molecule has 0 aliphatic carbocycles. The van der Waals surface area contributed by atoms with Crippen LogP contribution in [0.5, 0.6) is 5.75 Å². The number of aryl methyl sites for hydroxylation is 2. The number of hydrogen-bond acceptors (Lipinski definition) is 3. The fraction of sp³-hybridized carbons (Fsp3) is 0.571. The van der Waals surface area contributed by atoms with Gasteiger partial charge >= 0.3 is 0 Å². The van der Waals surface area contributed by atoms with Gasteiger partial charge in [0.1, 0.15) is 5.75 Å². The lowest BCUT2D eigenvalue weighted by Crippen LogP contribution is -2.27. The molecule has 18 heavy (non-hydrogen) atoms. The van der Waals surface area contributed by atoms with Crippen LogP contribution < -0.4 is 4.74 Å². The van der Waals surface area contributed by atoms with Crippen LogP contribution in [0.2, 0.25) is 5.02 Å². The van der Waals surface area contributed by atoms with Crippen LogP contribution in [-0.4, -0.2) is 25.6 Å². The van der Waals surface area contributed by atoms with Gasteiger partial charge in [-0.15, -0.1) is 0 Å². The van der Waals surface area contributed by atoms with Gasteiger partial charge in [-0.05, 0) is 44.0 Å². The van der Waals surface area contributed by atoms with Gasteiger partial charge in [0, 0.05) is 11.4 Å². The molecule has 3 nitrogen and oxygen atoms in total. The second-order valence-corrected chi connectivity index (χ2v) is 5.18. The Kier molecular flexibility index (Phi) is 4.15. The van der Waals surface area contributed by atoms with Crippen molar-refractivity contribution in [3.05, 3.63) is 28.3 Å². The maximum Gasteiger partial charge on any atom is 0.168 e. The topological polar surface area (TPSA) is 27.7 Å². The third-order valence-corrected chi connectivity index (χ3v) is 3.73. The van der Waals surface area contributed by atoms with Crippen LogP contribution in [-0.2, 0) is 9.47 Å². The zero-order valence-corrected chi connectivity index (χ0v) is 11.8. The molecule has 1 aromatic carbocycles. The highest BCUT2D eigenvalue weighted by Gasteiger charge is 2.30. The molecule has 1 aromatic rings. The maximum atomic E-state index is 6.11. The number of ether oxygens (including phenoxy) is 3. The first-order valence-electron chi connectivity index (χ1n) is 6.18. The van der Waals surface area contributed by atoms with E-state index in [2.05, 4.69) is 0 Å². The summed E-state index contributed by atoms with van der Waals surface area (Å²) in [6, 6.07) is 3.90. The van der Waals surface area contributed by atoms with Crippen LogP contribution >= 0.6 is 11.6 Å². The second kappa shape index (κ2) is 5.47. The fourth-order valence-corrected chi connectivity index (χ4v) is 2.15. The van der Waals surface area contributed by atoms with Crippen molar-refractivity contribution in [2.75, 3.05) is 19.8 Å². The van der Waals surface area contributed by atoms with Crippen LogP contribution in [0.1, 0.15) is 24.5 Å². The molecule has 1 aliphatic heterocycles. The van der Waals surface area contributed by atoms with Crippen LogP contribution in [0.3, 0.4) is 0 Å². The van der Waals surface area contributed by atoms with Crippen molar-refractivity contribution in [1.29, 1.82) is 0 Å². The van der Waals surface area contributed by atoms with Crippen LogP contribution in [0.4, 0.5) is 0 Å². The molecule has 0 amide bonds. The summed E-state index contributed by atoms with van der Waals surface area (Å²) >= 11 is 6.11.